The molecule has 0 N–H and O–H groups in total. The van der Waals surface area contributed by atoms with E-state index in [0.29, 0.717) is 31.7 Å². The highest BCUT2D eigenvalue weighted by Gasteiger charge is 2.29. The minimum atomic E-state index is -3.67. The Morgan fingerprint density at radius 1 is 1.04 bits per heavy atom. The Morgan fingerprint density at radius 2 is 1.69 bits per heavy atom. The van der Waals surface area contributed by atoms with E-state index in [9.17, 15) is 12.8 Å². The Hall–Kier alpha value is -1.96. The average Bonchev–Trinajstić information content (AvgIpc) is 2.65. The summed E-state index contributed by atoms with van der Waals surface area (Å²) in [5.74, 6) is 0.280. The summed E-state index contributed by atoms with van der Waals surface area (Å²) in [6, 6.07) is 11.7. The lowest BCUT2D eigenvalue weighted by Gasteiger charge is -2.34. The van der Waals surface area contributed by atoms with Crippen molar-refractivity contribution >= 4 is 10.0 Å². The Balaban J connectivity index is 1.64. The minimum Gasteiger partial charge on any atom is -0.497 e. The largest absolute Gasteiger partial charge is 0.497 e. The number of sulfonamides is 1. The molecule has 140 valence electrons. The number of methoxy groups -OCH3 is 1. The molecular weight excluding hydrogens is 355 g/mol. The zero-order valence-electron chi connectivity index (χ0n) is 15.0. The number of rotatable bonds is 5. The summed E-state index contributed by atoms with van der Waals surface area (Å²) in [7, 11) is -2.04. The molecule has 0 amide bonds. The van der Waals surface area contributed by atoms with Crippen LogP contribution >= 0.6 is 0 Å². The molecule has 0 unspecified atom stereocenters. The van der Waals surface area contributed by atoms with Crippen LogP contribution in [0.5, 0.6) is 5.75 Å². The van der Waals surface area contributed by atoms with Crippen LogP contribution in [0, 0.1) is 12.7 Å². The second-order valence-electron chi connectivity index (χ2n) is 6.44. The van der Waals surface area contributed by atoms with Crippen molar-refractivity contribution in [3.05, 3.63) is 59.4 Å². The quantitative estimate of drug-likeness (QED) is 0.803. The molecule has 0 saturated carbocycles. The highest BCUT2D eigenvalue weighted by atomic mass is 32.2. The first kappa shape index (κ1) is 18.8. The lowest BCUT2D eigenvalue weighted by molar-refractivity contribution is 0.181. The molecule has 1 aliphatic rings. The molecule has 7 heteroatoms. The number of aryl methyl sites for hydroxylation is 1. The maximum absolute atomic E-state index is 13.5. The molecule has 0 bridgehead atoms. The van der Waals surface area contributed by atoms with Crippen molar-refractivity contribution in [1.29, 1.82) is 0 Å². The van der Waals surface area contributed by atoms with E-state index in [2.05, 4.69) is 4.90 Å². The van der Waals surface area contributed by atoms with E-state index in [0.717, 1.165) is 23.9 Å². The lowest BCUT2D eigenvalue weighted by atomic mass is 10.2. The number of benzene rings is 2. The van der Waals surface area contributed by atoms with Crippen molar-refractivity contribution in [1.82, 2.24) is 9.21 Å². The lowest BCUT2D eigenvalue weighted by Crippen LogP contribution is -2.48. The standard InChI is InChI=1S/C19H23FN2O3S/c1-15-3-6-17(20)13-19(15)26(23,24)22-11-9-21(10-12-22)14-16-4-7-18(25-2)8-5-16/h3-8,13H,9-12,14H2,1-2H3. The molecule has 3 rings (SSSR count). The summed E-state index contributed by atoms with van der Waals surface area (Å²) in [5, 5.41) is 0. The molecule has 0 atom stereocenters. The summed E-state index contributed by atoms with van der Waals surface area (Å²) in [5.41, 5.74) is 1.72. The number of piperazine rings is 1. The molecule has 26 heavy (non-hydrogen) atoms. The van der Waals surface area contributed by atoms with E-state index in [1.165, 1.54) is 16.4 Å². The summed E-state index contributed by atoms with van der Waals surface area (Å²) in [4.78, 5) is 2.27. The smallest absolute Gasteiger partial charge is 0.243 e. The molecule has 2 aromatic carbocycles. The maximum Gasteiger partial charge on any atom is 0.243 e. The van der Waals surface area contributed by atoms with Crippen LogP contribution in [-0.4, -0.2) is 50.9 Å². The summed E-state index contributed by atoms with van der Waals surface area (Å²) in [6.45, 7) is 4.52. The highest BCUT2D eigenvalue weighted by molar-refractivity contribution is 7.89. The first-order valence-corrected chi connectivity index (χ1v) is 9.96. The predicted octanol–water partition coefficient (Wildman–Crippen LogP) is 2.65. The van der Waals surface area contributed by atoms with Crippen LogP contribution in [0.15, 0.2) is 47.4 Å². The third-order valence-electron chi connectivity index (χ3n) is 4.66. The number of nitrogens with zero attached hydrogens (tertiary/aromatic N) is 2. The van der Waals surface area contributed by atoms with Gasteiger partial charge in [-0.15, -0.1) is 0 Å². The van der Waals surface area contributed by atoms with Crippen molar-refractivity contribution in [3.8, 4) is 5.75 Å². The topological polar surface area (TPSA) is 49.9 Å². The van der Waals surface area contributed by atoms with Gasteiger partial charge < -0.3 is 4.74 Å². The molecule has 0 radical (unpaired) electrons. The Morgan fingerprint density at radius 3 is 2.31 bits per heavy atom. The van der Waals surface area contributed by atoms with Crippen LogP contribution < -0.4 is 4.74 Å². The highest BCUT2D eigenvalue weighted by Crippen LogP contribution is 2.23. The van der Waals surface area contributed by atoms with Gasteiger partial charge in [-0.1, -0.05) is 18.2 Å². The zero-order chi connectivity index (χ0) is 18.7. The van der Waals surface area contributed by atoms with Crippen LogP contribution in [0.1, 0.15) is 11.1 Å². The molecule has 1 saturated heterocycles. The van der Waals surface area contributed by atoms with Crippen LogP contribution in [0.4, 0.5) is 4.39 Å². The van der Waals surface area contributed by atoms with Gasteiger partial charge in [0.05, 0.1) is 12.0 Å². The molecule has 1 heterocycles. The van der Waals surface area contributed by atoms with Gasteiger partial charge in [0.25, 0.3) is 0 Å². The van der Waals surface area contributed by atoms with Gasteiger partial charge in [0.1, 0.15) is 11.6 Å². The van der Waals surface area contributed by atoms with E-state index in [-0.39, 0.29) is 4.90 Å². The second-order valence-corrected chi connectivity index (χ2v) is 8.34. The van der Waals surface area contributed by atoms with Gasteiger partial charge in [0.2, 0.25) is 10.0 Å². The number of halogens is 1. The van der Waals surface area contributed by atoms with Gasteiger partial charge >= 0.3 is 0 Å². The van der Waals surface area contributed by atoms with Crippen molar-refractivity contribution in [2.45, 2.75) is 18.4 Å². The monoisotopic (exact) mass is 378 g/mol. The molecule has 5 nitrogen and oxygen atoms in total. The number of ether oxygens (including phenoxy) is 1. The van der Waals surface area contributed by atoms with Gasteiger partial charge in [-0.25, -0.2) is 12.8 Å². The average molecular weight is 378 g/mol. The van der Waals surface area contributed by atoms with E-state index < -0.39 is 15.8 Å². The van der Waals surface area contributed by atoms with E-state index in [4.69, 9.17) is 4.74 Å². The van der Waals surface area contributed by atoms with E-state index >= 15 is 0 Å². The second kappa shape index (κ2) is 7.73. The van der Waals surface area contributed by atoms with Crippen LogP contribution in [0.2, 0.25) is 0 Å². The molecule has 1 aliphatic heterocycles. The van der Waals surface area contributed by atoms with Gasteiger partial charge in [0.15, 0.2) is 0 Å². The fourth-order valence-electron chi connectivity index (χ4n) is 3.11. The molecular formula is C19H23FN2O3S. The Labute approximate surface area is 154 Å². The third kappa shape index (κ3) is 4.06. The van der Waals surface area contributed by atoms with Crippen LogP contribution in [0.25, 0.3) is 0 Å². The molecule has 0 aliphatic carbocycles. The van der Waals surface area contributed by atoms with Crippen LogP contribution in [-0.2, 0) is 16.6 Å². The SMILES string of the molecule is COc1ccc(CN2CCN(S(=O)(=O)c3cc(F)ccc3C)CC2)cc1. The molecule has 0 aromatic heterocycles. The van der Waals surface area contributed by atoms with Crippen molar-refractivity contribution in [2.24, 2.45) is 0 Å². The first-order valence-electron chi connectivity index (χ1n) is 8.52. The zero-order valence-corrected chi connectivity index (χ0v) is 15.8. The molecule has 0 spiro atoms. The predicted molar refractivity (Wildman–Crippen MR) is 98.2 cm³/mol. The fourth-order valence-corrected chi connectivity index (χ4v) is 4.77. The van der Waals surface area contributed by atoms with Crippen molar-refractivity contribution in [3.63, 3.8) is 0 Å². The van der Waals surface area contributed by atoms with Gasteiger partial charge in [-0.2, -0.15) is 4.31 Å². The third-order valence-corrected chi connectivity index (χ3v) is 6.71. The fraction of sp³-hybridized carbons (Fsp3) is 0.368. The van der Waals surface area contributed by atoms with Crippen molar-refractivity contribution < 1.29 is 17.5 Å². The minimum absolute atomic E-state index is 0.0566. The van der Waals surface area contributed by atoms with E-state index in [1.807, 2.05) is 24.3 Å². The van der Waals surface area contributed by atoms with Crippen LogP contribution in [0.3, 0.4) is 0 Å². The van der Waals surface area contributed by atoms with Crippen molar-refractivity contribution in [2.75, 3.05) is 33.3 Å². The summed E-state index contributed by atoms with van der Waals surface area (Å²) < 4.78 is 45.7. The molecule has 2 aromatic rings. The maximum atomic E-state index is 13.5. The Bertz CT molecular complexity index is 861. The van der Waals surface area contributed by atoms with Gasteiger partial charge in [0, 0.05) is 32.7 Å². The first-order chi connectivity index (χ1) is 12.4. The number of hydrogen-bond donors (Lipinski definition) is 0. The van der Waals surface area contributed by atoms with Gasteiger partial charge in [-0.3, -0.25) is 4.90 Å². The summed E-state index contributed by atoms with van der Waals surface area (Å²) >= 11 is 0. The Kier molecular flexibility index (Phi) is 5.60. The summed E-state index contributed by atoms with van der Waals surface area (Å²) in [6.07, 6.45) is 0. The normalized spacial score (nSPS) is 16.6. The number of hydrogen-bond acceptors (Lipinski definition) is 4. The van der Waals surface area contributed by atoms with E-state index in [1.54, 1.807) is 14.0 Å². The molecule has 1 fully saturated rings. The van der Waals surface area contributed by atoms with Gasteiger partial charge in [-0.05, 0) is 42.3 Å².